The molecule has 1 amide bonds. The SMILES string of the molecule is Cc1ccc([C@H](CCN2[C@@H]3CC[C@H]2CC(n2c(C)nnc2C(C)C)C3)NC(=O)Cc2nn[nH]n2)s1. The molecular formula is C24H35N9OS. The van der Waals surface area contributed by atoms with Crippen molar-refractivity contribution in [2.24, 2.45) is 0 Å². The number of aryl methyl sites for hydroxylation is 2. The second kappa shape index (κ2) is 10.1. The average Bonchev–Trinajstić information content (AvgIpc) is 3.60. The molecule has 0 aromatic carbocycles. The van der Waals surface area contributed by atoms with Gasteiger partial charge in [0.2, 0.25) is 5.91 Å². The average molecular weight is 498 g/mol. The largest absolute Gasteiger partial charge is 0.348 e. The summed E-state index contributed by atoms with van der Waals surface area (Å²) in [6.45, 7) is 9.56. The maximum Gasteiger partial charge on any atom is 0.228 e. The summed E-state index contributed by atoms with van der Waals surface area (Å²) in [5.74, 6) is 2.85. The van der Waals surface area contributed by atoms with E-state index in [4.69, 9.17) is 0 Å². The van der Waals surface area contributed by atoms with Crippen LogP contribution in [0.3, 0.4) is 0 Å². The van der Waals surface area contributed by atoms with Crippen LogP contribution in [-0.4, -0.2) is 64.8 Å². The number of rotatable bonds is 9. The van der Waals surface area contributed by atoms with Gasteiger partial charge in [-0.2, -0.15) is 5.21 Å². The fraction of sp³-hybridized carbons (Fsp3) is 0.667. The third kappa shape index (κ3) is 5.16. The molecule has 3 aromatic rings. The smallest absolute Gasteiger partial charge is 0.228 e. The molecule has 2 aliphatic heterocycles. The number of thiophene rings is 1. The van der Waals surface area contributed by atoms with Crippen LogP contribution in [0.4, 0.5) is 0 Å². The minimum absolute atomic E-state index is 0.0159. The Morgan fingerprint density at radius 1 is 1.14 bits per heavy atom. The zero-order valence-corrected chi connectivity index (χ0v) is 21.8. The summed E-state index contributed by atoms with van der Waals surface area (Å²) in [5.41, 5.74) is 0. The number of aromatic amines is 1. The molecule has 4 atom stereocenters. The normalized spacial score (nSPS) is 23.2. The first-order valence-corrected chi connectivity index (χ1v) is 13.5. The Morgan fingerprint density at radius 3 is 2.54 bits per heavy atom. The van der Waals surface area contributed by atoms with Gasteiger partial charge in [-0.05, 0) is 58.1 Å². The number of carbonyl (C=O) groups is 1. The van der Waals surface area contributed by atoms with E-state index < -0.39 is 0 Å². The number of hydrogen-bond donors (Lipinski definition) is 2. The Labute approximate surface area is 209 Å². The molecule has 11 heteroatoms. The molecule has 3 aromatic heterocycles. The summed E-state index contributed by atoms with van der Waals surface area (Å²) >= 11 is 1.75. The fourth-order valence-corrected chi connectivity index (χ4v) is 6.87. The van der Waals surface area contributed by atoms with E-state index in [0.717, 1.165) is 37.5 Å². The van der Waals surface area contributed by atoms with Crippen LogP contribution in [-0.2, 0) is 11.2 Å². The first-order valence-electron chi connectivity index (χ1n) is 12.6. The number of amides is 1. The lowest BCUT2D eigenvalue weighted by Gasteiger charge is -2.40. The van der Waals surface area contributed by atoms with Crippen LogP contribution in [0.15, 0.2) is 12.1 Å². The van der Waals surface area contributed by atoms with Crippen LogP contribution in [0.5, 0.6) is 0 Å². The van der Waals surface area contributed by atoms with Crippen molar-refractivity contribution < 1.29 is 4.79 Å². The van der Waals surface area contributed by atoms with Crippen molar-refractivity contribution >= 4 is 17.2 Å². The number of nitrogens with zero attached hydrogens (tertiary/aromatic N) is 7. The molecule has 2 saturated heterocycles. The van der Waals surface area contributed by atoms with Crippen molar-refractivity contribution in [1.82, 2.24) is 45.6 Å². The summed E-state index contributed by atoms with van der Waals surface area (Å²) in [4.78, 5) is 17.9. The van der Waals surface area contributed by atoms with Gasteiger partial charge >= 0.3 is 0 Å². The molecule has 0 saturated carbocycles. The lowest BCUT2D eigenvalue weighted by Crippen LogP contribution is -2.45. The predicted molar refractivity (Wildman–Crippen MR) is 133 cm³/mol. The van der Waals surface area contributed by atoms with Gasteiger partial charge in [-0.15, -0.1) is 31.7 Å². The van der Waals surface area contributed by atoms with Crippen molar-refractivity contribution in [3.8, 4) is 0 Å². The molecule has 35 heavy (non-hydrogen) atoms. The van der Waals surface area contributed by atoms with Crippen LogP contribution in [0.2, 0.25) is 0 Å². The predicted octanol–water partition coefficient (Wildman–Crippen LogP) is 3.25. The second-order valence-corrected chi connectivity index (χ2v) is 11.6. The van der Waals surface area contributed by atoms with E-state index in [9.17, 15) is 4.79 Å². The van der Waals surface area contributed by atoms with E-state index >= 15 is 0 Å². The third-order valence-electron chi connectivity index (χ3n) is 7.46. The highest BCUT2D eigenvalue weighted by atomic mass is 32.1. The van der Waals surface area contributed by atoms with Gasteiger partial charge < -0.3 is 9.88 Å². The molecule has 2 aliphatic rings. The van der Waals surface area contributed by atoms with Crippen molar-refractivity contribution in [3.63, 3.8) is 0 Å². The van der Waals surface area contributed by atoms with Crippen molar-refractivity contribution in [3.05, 3.63) is 39.4 Å². The molecule has 2 bridgehead atoms. The second-order valence-electron chi connectivity index (χ2n) is 10.2. The van der Waals surface area contributed by atoms with Gasteiger partial charge in [0, 0.05) is 40.3 Å². The summed E-state index contributed by atoms with van der Waals surface area (Å²) < 4.78 is 2.41. The molecule has 0 aliphatic carbocycles. The maximum atomic E-state index is 12.7. The number of aromatic nitrogens is 7. The number of nitrogens with one attached hydrogen (secondary N) is 2. The Bertz CT molecular complexity index is 1120. The van der Waals surface area contributed by atoms with Gasteiger partial charge in [-0.3, -0.25) is 9.69 Å². The first kappa shape index (κ1) is 24.1. The van der Waals surface area contributed by atoms with E-state index in [2.05, 4.69) is 85.4 Å². The number of H-pyrrole nitrogens is 1. The van der Waals surface area contributed by atoms with E-state index in [1.54, 1.807) is 11.3 Å². The van der Waals surface area contributed by atoms with Crippen LogP contribution in [0, 0.1) is 13.8 Å². The van der Waals surface area contributed by atoms with E-state index in [0.29, 0.717) is 29.9 Å². The monoisotopic (exact) mass is 497 g/mol. The Morgan fingerprint density at radius 2 is 1.91 bits per heavy atom. The highest BCUT2D eigenvalue weighted by molar-refractivity contribution is 7.12. The zero-order chi connectivity index (χ0) is 24.5. The van der Waals surface area contributed by atoms with Crippen molar-refractivity contribution in [1.29, 1.82) is 0 Å². The number of piperidine rings is 1. The maximum absolute atomic E-state index is 12.7. The van der Waals surface area contributed by atoms with Crippen LogP contribution >= 0.6 is 11.3 Å². The number of tetrazole rings is 1. The van der Waals surface area contributed by atoms with Crippen molar-refractivity contribution in [2.45, 2.75) is 96.3 Å². The van der Waals surface area contributed by atoms with E-state index in [-0.39, 0.29) is 18.4 Å². The van der Waals surface area contributed by atoms with Gasteiger partial charge in [-0.1, -0.05) is 19.1 Å². The van der Waals surface area contributed by atoms with Crippen molar-refractivity contribution in [2.75, 3.05) is 6.54 Å². The number of carbonyl (C=O) groups excluding carboxylic acids is 1. The Kier molecular flexibility index (Phi) is 6.97. The standard InChI is InChI=1S/C24H35N9OS/c1-14(2)24-29-26-16(4)33(24)19-11-17-6-7-18(12-19)32(17)10-9-20(21-8-5-15(3)35-21)25-23(34)13-22-27-30-31-28-22/h5,8,14,17-20H,6-7,9-13H2,1-4H3,(H,25,34)(H,27,28,30,31)/t17-,18+,19?,20-/m0/s1. The fourth-order valence-electron chi connectivity index (χ4n) is 5.90. The lowest BCUT2D eigenvalue weighted by molar-refractivity contribution is -0.121. The summed E-state index contributed by atoms with van der Waals surface area (Å²) in [6.07, 6.45) is 5.78. The Hall–Kier alpha value is -2.66. The third-order valence-corrected chi connectivity index (χ3v) is 8.57. The van der Waals surface area contributed by atoms with Gasteiger partial charge in [0.25, 0.3) is 0 Å². The summed E-state index contributed by atoms with van der Waals surface area (Å²) in [7, 11) is 0. The van der Waals surface area contributed by atoms with Gasteiger partial charge in [-0.25, -0.2) is 0 Å². The molecule has 2 N–H and O–H groups in total. The van der Waals surface area contributed by atoms with Gasteiger partial charge in [0.1, 0.15) is 11.6 Å². The molecule has 5 rings (SSSR count). The molecule has 0 spiro atoms. The van der Waals surface area contributed by atoms with Crippen LogP contribution < -0.4 is 5.32 Å². The molecule has 5 heterocycles. The van der Waals surface area contributed by atoms with E-state index in [1.807, 2.05) is 0 Å². The molecule has 10 nitrogen and oxygen atoms in total. The first-order chi connectivity index (χ1) is 16.9. The van der Waals surface area contributed by atoms with E-state index in [1.165, 1.54) is 22.6 Å². The Balaban J connectivity index is 1.25. The highest BCUT2D eigenvalue weighted by Gasteiger charge is 2.42. The molecular weight excluding hydrogens is 462 g/mol. The number of fused-ring (bicyclic) bond motifs is 2. The summed E-state index contributed by atoms with van der Waals surface area (Å²) in [5, 5.41) is 25.9. The van der Waals surface area contributed by atoms with Crippen LogP contribution in [0.1, 0.15) is 91.2 Å². The molecule has 188 valence electrons. The zero-order valence-electron chi connectivity index (χ0n) is 20.9. The quantitative estimate of drug-likeness (QED) is 0.466. The lowest BCUT2D eigenvalue weighted by atomic mass is 9.95. The molecule has 2 fully saturated rings. The summed E-state index contributed by atoms with van der Waals surface area (Å²) in [6, 6.07) is 5.87. The van der Waals surface area contributed by atoms with Gasteiger partial charge in [0.05, 0.1) is 12.5 Å². The topological polar surface area (TPSA) is 118 Å². The molecule has 0 radical (unpaired) electrons. The highest BCUT2D eigenvalue weighted by Crippen LogP contribution is 2.42. The van der Waals surface area contributed by atoms with Crippen LogP contribution in [0.25, 0.3) is 0 Å². The minimum atomic E-state index is -0.0755. The minimum Gasteiger partial charge on any atom is -0.348 e. The number of hydrogen-bond acceptors (Lipinski definition) is 8. The van der Waals surface area contributed by atoms with Gasteiger partial charge in [0.15, 0.2) is 5.82 Å². The molecule has 1 unspecified atom stereocenters.